The van der Waals surface area contributed by atoms with Crippen LogP contribution in [0.5, 0.6) is 5.75 Å². The summed E-state index contributed by atoms with van der Waals surface area (Å²) in [6, 6.07) is 5.45. The predicted molar refractivity (Wildman–Crippen MR) is 111 cm³/mol. The fourth-order valence-corrected chi connectivity index (χ4v) is 3.71. The second kappa shape index (κ2) is 9.28. The van der Waals surface area contributed by atoms with Crippen molar-refractivity contribution in [2.75, 3.05) is 38.2 Å². The molecular formula is C21H29N3O5. The molecule has 0 aliphatic carbocycles. The van der Waals surface area contributed by atoms with Crippen LogP contribution in [0.15, 0.2) is 18.2 Å². The fourth-order valence-electron chi connectivity index (χ4n) is 3.71. The van der Waals surface area contributed by atoms with Crippen molar-refractivity contribution in [2.45, 2.75) is 39.9 Å². The summed E-state index contributed by atoms with van der Waals surface area (Å²) in [6.07, 6.45) is 0.145. The molecule has 1 saturated heterocycles. The molecule has 1 aromatic carbocycles. The van der Waals surface area contributed by atoms with E-state index in [0.717, 1.165) is 5.52 Å². The van der Waals surface area contributed by atoms with Crippen molar-refractivity contribution in [2.24, 2.45) is 0 Å². The van der Waals surface area contributed by atoms with Crippen molar-refractivity contribution < 1.29 is 23.8 Å². The maximum atomic E-state index is 12.8. The third-order valence-electron chi connectivity index (χ3n) is 4.69. The van der Waals surface area contributed by atoms with E-state index in [4.69, 9.17) is 14.2 Å². The molecular weight excluding hydrogens is 374 g/mol. The molecule has 158 valence electrons. The van der Waals surface area contributed by atoms with Gasteiger partial charge < -0.3 is 24.5 Å². The molecule has 29 heavy (non-hydrogen) atoms. The second-order valence-electron chi connectivity index (χ2n) is 7.24. The SMILES string of the molecule is CCOC(=O)c1[nH]c2ccc(OCC)cc2c1NC(=O)CN1C[C@@H](C)O[C@@H](C)C1. The molecule has 0 spiro atoms. The third kappa shape index (κ3) is 5.07. The van der Waals surface area contributed by atoms with Gasteiger partial charge in [0.15, 0.2) is 0 Å². The van der Waals surface area contributed by atoms with Gasteiger partial charge in [-0.2, -0.15) is 0 Å². The van der Waals surface area contributed by atoms with E-state index in [1.165, 1.54) is 0 Å². The number of aromatic nitrogens is 1. The predicted octanol–water partition coefficient (Wildman–Crippen LogP) is 2.79. The van der Waals surface area contributed by atoms with E-state index in [2.05, 4.69) is 15.2 Å². The van der Waals surface area contributed by atoms with E-state index in [1.807, 2.05) is 39.0 Å². The summed E-state index contributed by atoms with van der Waals surface area (Å²) in [5, 5.41) is 3.61. The van der Waals surface area contributed by atoms with Crippen LogP contribution in [0.1, 0.15) is 38.2 Å². The summed E-state index contributed by atoms with van der Waals surface area (Å²) >= 11 is 0. The van der Waals surface area contributed by atoms with Crippen molar-refractivity contribution in [1.29, 1.82) is 0 Å². The number of nitrogens with zero attached hydrogens (tertiary/aromatic N) is 1. The molecule has 2 aromatic rings. The van der Waals surface area contributed by atoms with Crippen molar-refractivity contribution in [1.82, 2.24) is 9.88 Å². The molecule has 8 heteroatoms. The smallest absolute Gasteiger partial charge is 0.356 e. The third-order valence-corrected chi connectivity index (χ3v) is 4.69. The van der Waals surface area contributed by atoms with Crippen LogP contribution in [0, 0.1) is 0 Å². The Morgan fingerprint density at radius 2 is 1.93 bits per heavy atom. The molecule has 2 N–H and O–H groups in total. The van der Waals surface area contributed by atoms with Crippen LogP contribution in [0.4, 0.5) is 5.69 Å². The van der Waals surface area contributed by atoms with E-state index in [0.29, 0.717) is 36.5 Å². The number of esters is 1. The number of hydrogen-bond donors (Lipinski definition) is 2. The number of H-pyrrole nitrogens is 1. The number of nitrogens with one attached hydrogen (secondary N) is 2. The Bertz CT molecular complexity index is 869. The van der Waals surface area contributed by atoms with Crippen molar-refractivity contribution >= 4 is 28.5 Å². The summed E-state index contributed by atoms with van der Waals surface area (Å²) in [5.74, 6) is -0.0362. The van der Waals surface area contributed by atoms with Gasteiger partial charge in [-0.3, -0.25) is 9.69 Å². The van der Waals surface area contributed by atoms with Gasteiger partial charge in [0.2, 0.25) is 5.91 Å². The second-order valence-corrected chi connectivity index (χ2v) is 7.24. The van der Waals surface area contributed by atoms with Crippen LogP contribution < -0.4 is 10.1 Å². The van der Waals surface area contributed by atoms with Gasteiger partial charge in [-0.1, -0.05) is 0 Å². The largest absolute Gasteiger partial charge is 0.494 e. The molecule has 0 unspecified atom stereocenters. The standard InChI is InChI=1S/C21H29N3O5/c1-5-27-15-7-8-17-16(9-15)19(20(22-17)21(26)28-6-2)23-18(25)12-24-10-13(3)29-14(4)11-24/h7-9,13-14,22H,5-6,10-12H2,1-4H3,(H,23,25)/t13-,14+. The number of carbonyl (C=O) groups excluding carboxylic acids is 2. The Hall–Kier alpha value is -2.58. The highest BCUT2D eigenvalue weighted by Crippen LogP contribution is 2.31. The average molecular weight is 403 g/mol. The van der Waals surface area contributed by atoms with Crippen molar-refractivity contribution in [3.63, 3.8) is 0 Å². The Labute approximate surface area is 170 Å². The summed E-state index contributed by atoms with van der Waals surface area (Å²) < 4.78 is 16.4. The summed E-state index contributed by atoms with van der Waals surface area (Å²) in [7, 11) is 0. The normalized spacial score (nSPS) is 19.9. The van der Waals surface area contributed by atoms with Gasteiger partial charge in [0.1, 0.15) is 11.4 Å². The van der Waals surface area contributed by atoms with Crippen LogP contribution in [0.2, 0.25) is 0 Å². The highest BCUT2D eigenvalue weighted by atomic mass is 16.5. The molecule has 2 atom stereocenters. The van der Waals surface area contributed by atoms with Gasteiger partial charge in [-0.25, -0.2) is 4.79 Å². The van der Waals surface area contributed by atoms with Crippen LogP contribution in [-0.2, 0) is 14.3 Å². The maximum Gasteiger partial charge on any atom is 0.356 e. The molecule has 3 rings (SSSR count). The topological polar surface area (TPSA) is 92.9 Å². The first-order chi connectivity index (χ1) is 13.9. The maximum absolute atomic E-state index is 12.8. The number of rotatable bonds is 7. The lowest BCUT2D eigenvalue weighted by molar-refractivity contribution is -0.121. The number of aromatic amines is 1. The Morgan fingerprint density at radius 1 is 1.21 bits per heavy atom. The number of ether oxygens (including phenoxy) is 3. The number of anilines is 1. The lowest BCUT2D eigenvalue weighted by Gasteiger charge is -2.34. The first-order valence-corrected chi connectivity index (χ1v) is 10.0. The van der Waals surface area contributed by atoms with Gasteiger partial charge in [-0.15, -0.1) is 0 Å². The van der Waals surface area contributed by atoms with Crippen LogP contribution in [0.25, 0.3) is 10.9 Å². The Kier molecular flexibility index (Phi) is 6.76. The summed E-state index contributed by atoms with van der Waals surface area (Å²) in [5.41, 5.74) is 1.37. The number of amides is 1. The van der Waals surface area contributed by atoms with E-state index in [1.54, 1.807) is 6.92 Å². The van der Waals surface area contributed by atoms with Crippen LogP contribution in [-0.4, -0.2) is 66.8 Å². The van der Waals surface area contributed by atoms with E-state index < -0.39 is 5.97 Å². The van der Waals surface area contributed by atoms with Crippen molar-refractivity contribution in [3.05, 3.63) is 23.9 Å². The highest BCUT2D eigenvalue weighted by molar-refractivity contribution is 6.11. The molecule has 0 saturated carbocycles. The molecule has 1 fully saturated rings. The van der Waals surface area contributed by atoms with Gasteiger partial charge in [0.25, 0.3) is 0 Å². The molecule has 0 bridgehead atoms. The van der Waals surface area contributed by atoms with E-state index >= 15 is 0 Å². The fraction of sp³-hybridized carbons (Fsp3) is 0.524. The van der Waals surface area contributed by atoms with Gasteiger partial charge in [-0.05, 0) is 45.9 Å². The highest BCUT2D eigenvalue weighted by Gasteiger charge is 2.26. The van der Waals surface area contributed by atoms with Crippen molar-refractivity contribution in [3.8, 4) is 5.75 Å². The summed E-state index contributed by atoms with van der Waals surface area (Å²) in [4.78, 5) is 30.3. The quantitative estimate of drug-likeness (QED) is 0.691. The zero-order valence-electron chi connectivity index (χ0n) is 17.4. The number of benzene rings is 1. The lowest BCUT2D eigenvalue weighted by Crippen LogP contribution is -2.48. The molecule has 1 aliphatic heterocycles. The minimum Gasteiger partial charge on any atom is -0.494 e. The Balaban J connectivity index is 1.86. The number of hydrogen-bond acceptors (Lipinski definition) is 6. The first-order valence-electron chi connectivity index (χ1n) is 10.0. The number of morpholine rings is 1. The number of carbonyl (C=O) groups is 2. The van der Waals surface area contributed by atoms with Gasteiger partial charge in [0, 0.05) is 24.0 Å². The molecule has 8 nitrogen and oxygen atoms in total. The number of fused-ring (bicyclic) bond motifs is 1. The molecule has 0 radical (unpaired) electrons. The van der Waals surface area contributed by atoms with Gasteiger partial charge >= 0.3 is 5.97 Å². The lowest BCUT2D eigenvalue weighted by atomic mass is 10.2. The molecule has 1 amide bonds. The summed E-state index contributed by atoms with van der Waals surface area (Å²) in [6.45, 7) is 9.99. The van der Waals surface area contributed by atoms with Crippen LogP contribution in [0.3, 0.4) is 0 Å². The van der Waals surface area contributed by atoms with E-state index in [9.17, 15) is 9.59 Å². The first kappa shape index (κ1) is 21.1. The minimum absolute atomic E-state index is 0.0727. The average Bonchev–Trinajstić information content (AvgIpc) is 2.99. The molecule has 1 aliphatic rings. The minimum atomic E-state index is -0.509. The zero-order valence-corrected chi connectivity index (χ0v) is 17.4. The van der Waals surface area contributed by atoms with Crippen LogP contribution >= 0.6 is 0 Å². The monoisotopic (exact) mass is 403 g/mol. The molecule has 1 aromatic heterocycles. The van der Waals surface area contributed by atoms with E-state index in [-0.39, 0.29) is 37.0 Å². The Morgan fingerprint density at radius 3 is 2.59 bits per heavy atom. The van der Waals surface area contributed by atoms with Gasteiger partial charge in [0.05, 0.1) is 37.7 Å². The molecule has 2 heterocycles. The zero-order chi connectivity index (χ0) is 21.0.